The van der Waals surface area contributed by atoms with Crippen LogP contribution in [0.3, 0.4) is 0 Å². The van der Waals surface area contributed by atoms with E-state index in [2.05, 4.69) is 23.7 Å². The predicted molar refractivity (Wildman–Crippen MR) is 58.4 cm³/mol. The number of carbonyl (C=O) groups is 1. The van der Waals surface area contributed by atoms with Gasteiger partial charge in [-0.05, 0) is 27.7 Å². The molecule has 14 heavy (non-hydrogen) atoms. The average Bonchev–Trinajstić information content (AvgIpc) is 2.14. The minimum Gasteiger partial charge on any atom is -0.328 e. The lowest BCUT2D eigenvalue weighted by atomic mass is 10.2. The Morgan fingerprint density at radius 3 is 2.21 bits per heavy atom. The Kier molecular flexibility index (Phi) is 6.33. The molecular weight excluding hydrogens is 174 g/mol. The first kappa shape index (κ1) is 12.6. The summed E-state index contributed by atoms with van der Waals surface area (Å²) in [6.07, 6.45) is 0.292. The van der Waals surface area contributed by atoms with Gasteiger partial charge in [0.2, 0.25) is 5.91 Å². The third kappa shape index (κ3) is 4.58. The van der Waals surface area contributed by atoms with Crippen LogP contribution in [0.2, 0.25) is 0 Å². The zero-order chi connectivity index (χ0) is 11.0. The van der Waals surface area contributed by atoms with E-state index in [1.54, 1.807) is 18.7 Å². The summed E-state index contributed by atoms with van der Waals surface area (Å²) in [5.41, 5.74) is 0. The van der Waals surface area contributed by atoms with Crippen molar-refractivity contribution in [1.29, 1.82) is 0 Å². The molecule has 0 rings (SSSR count). The summed E-state index contributed by atoms with van der Waals surface area (Å²) in [7, 11) is 0. The van der Waals surface area contributed by atoms with Gasteiger partial charge in [0.1, 0.15) is 0 Å². The zero-order valence-electron chi connectivity index (χ0n) is 9.35. The van der Waals surface area contributed by atoms with E-state index < -0.39 is 0 Å². The first-order chi connectivity index (χ1) is 6.63. The number of hydrogen-bond acceptors (Lipinski definition) is 1. The Morgan fingerprint density at radius 1 is 1.21 bits per heavy atom. The van der Waals surface area contributed by atoms with Gasteiger partial charge in [-0.25, -0.2) is 0 Å². The fourth-order valence-corrected chi connectivity index (χ4v) is 0.989. The zero-order valence-corrected chi connectivity index (χ0v) is 9.35. The van der Waals surface area contributed by atoms with Gasteiger partial charge >= 0.3 is 0 Å². The summed E-state index contributed by atoms with van der Waals surface area (Å²) in [6.45, 7) is 7.97. The highest BCUT2D eigenvalue weighted by atomic mass is 16.2. The lowest BCUT2D eigenvalue weighted by molar-refractivity contribution is -0.131. The van der Waals surface area contributed by atoms with Crippen LogP contribution in [0.25, 0.3) is 0 Å². The summed E-state index contributed by atoms with van der Waals surface area (Å²) in [5, 5.41) is 0. The molecule has 0 aromatic carbocycles. The van der Waals surface area contributed by atoms with E-state index in [-0.39, 0.29) is 11.9 Å². The van der Waals surface area contributed by atoms with Crippen molar-refractivity contribution in [2.45, 2.75) is 40.2 Å². The molecule has 0 bridgehead atoms. The molecule has 0 spiro atoms. The Balaban J connectivity index is 4.35. The molecule has 0 aromatic heterocycles. The first-order valence-electron chi connectivity index (χ1n) is 4.72. The highest BCUT2D eigenvalue weighted by Gasteiger charge is 2.13. The third-order valence-electron chi connectivity index (χ3n) is 1.79. The summed E-state index contributed by atoms with van der Waals surface area (Å²) < 4.78 is 0. The highest BCUT2D eigenvalue weighted by molar-refractivity contribution is 5.79. The van der Waals surface area contributed by atoms with Gasteiger partial charge in [0.25, 0.3) is 0 Å². The average molecular weight is 191 g/mol. The summed E-state index contributed by atoms with van der Waals surface area (Å²) in [6, 6.07) is 0.182. The molecule has 2 heteroatoms. The number of carbonyl (C=O) groups excluding carboxylic acids is 1. The van der Waals surface area contributed by atoms with Gasteiger partial charge in [0.15, 0.2) is 0 Å². The van der Waals surface area contributed by atoms with E-state index in [1.807, 2.05) is 13.8 Å². The minimum atomic E-state index is 0.0529. The van der Waals surface area contributed by atoms with E-state index in [9.17, 15) is 4.79 Å². The first-order valence-corrected chi connectivity index (χ1v) is 4.72. The van der Waals surface area contributed by atoms with E-state index in [1.165, 1.54) is 0 Å². The Hall–Kier alpha value is -1.41. The van der Waals surface area contributed by atoms with Crippen LogP contribution in [0.1, 0.15) is 34.1 Å². The largest absolute Gasteiger partial charge is 0.328 e. The molecular formula is C12H17NO. The second-order valence-electron chi connectivity index (χ2n) is 3.15. The van der Waals surface area contributed by atoms with Crippen LogP contribution in [-0.2, 0) is 4.79 Å². The van der Waals surface area contributed by atoms with Gasteiger partial charge in [0, 0.05) is 6.04 Å². The molecule has 0 aliphatic heterocycles. The predicted octanol–water partition coefficient (Wildman–Crippen LogP) is 1.66. The summed E-state index contributed by atoms with van der Waals surface area (Å²) in [4.78, 5) is 13.3. The van der Waals surface area contributed by atoms with Crippen molar-refractivity contribution < 1.29 is 4.79 Å². The van der Waals surface area contributed by atoms with Gasteiger partial charge < -0.3 is 4.90 Å². The van der Waals surface area contributed by atoms with E-state index >= 15 is 0 Å². The van der Waals surface area contributed by atoms with Gasteiger partial charge in [-0.3, -0.25) is 4.79 Å². The topological polar surface area (TPSA) is 20.3 Å². The standard InChI is InChI=1S/C12H17NO/c1-5-7-9-12(14)13(11(3)4)10-8-6-2/h11H,9-10H2,1-4H3. The Morgan fingerprint density at radius 2 is 1.79 bits per heavy atom. The molecule has 1 amide bonds. The fraction of sp³-hybridized carbons (Fsp3) is 0.583. The third-order valence-corrected chi connectivity index (χ3v) is 1.79. The van der Waals surface area contributed by atoms with Crippen molar-refractivity contribution >= 4 is 5.91 Å². The van der Waals surface area contributed by atoms with Gasteiger partial charge in [0.05, 0.1) is 13.0 Å². The number of nitrogens with zero attached hydrogens (tertiary/aromatic N) is 1. The van der Waals surface area contributed by atoms with Gasteiger partial charge in [-0.2, -0.15) is 0 Å². The molecule has 0 radical (unpaired) electrons. The quantitative estimate of drug-likeness (QED) is 0.621. The number of amides is 1. The molecule has 0 unspecified atom stereocenters. The van der Waals surface area contributed by atoms with E-state index in [4.69, 9.17) is 0 Å². The summed E-state index contributed by atoms with van der Waals surface area (Å²) in [5.74, 6) is 11.2. The highest BCUT2D eigenvalue weighted by Crippen LogP contribution is 2.00. The van der Waals surface area contributed by atoms with Crippen molar-refractivity contribution in [1.82, 2.24) is 4.90 Å². The Bertz CT molecular complexity index is 296. The Labute approximate surface area is 86.7 Å². The normalized spacial score (nSPS) is 8.36. The maximum Gasteiger partial charge on any atom is 0.235 e. The number of hydrogen-bond donors (Lipinski definition) is 0. The maximum absolute atomic E-state index is 11.6. The minimum absolute atomic E-state index is 0.0529. The van der Waals surface area contributed by atoms with Crippen LogP contribution in [0.15, 0.2) is 0 Å². The monoisotopic (exact) mass is 191 g/mol. The molecule has 0 aliphatic rings. The van der Waals surface area contributed by atoms with Gasteiger partial charge in [-0.15, -0.1) is 11.8 Å². The van der Waals surface area contributed by atoms with Crippen molar-refractivity contribution in [2.75, 3.05) is 6.54 Å². The van der Waals surface area contributed by atoms with Crippen LogP contribution in [0.4, 0.5) is 0 Å². The smallest absolute Gasteiger partial charge is 0.235 e. The second-order valence-corrected chi connectivity index (χ2v) is 3.15. The van der Waals surface area contributed by atoms with Crippen LogP contribution < -0.4 is 0 Å². The SMILES string of the molecule is CC#CCC(=O)N(CC#CC)C(C)C. The molecule has 76 valence electrons. The van der Waals surface area contributed by atoms with Crippen LogP contribution >= 0.6 is 0 Å². The molecule has 0 fully saturated rings. The molecule has 0 saturated carbocycles. The second kappa shape index (κ2) is 7.04. The van der Waals surface area contributed by atoms with Crippen molar-refractivity contribution in [3.05, 3.63) is 0 Å². The van der Waals surface area contributed by atoms with E-state index in [0.29, 0.717) is 13.0 Å². The lowest BCUT2D eigenvalue weighted by Crippen LogP contribution is -2.36. The molecule has 0 saturated heterocycles. The lowest BCUT2D eigenvalue weighted by Gasteiger charge is -2.23. The van der Waals surface area contributed by atoms with Gasteiger partial charge in [-0.1, -0.05) is 11.8 Å². The summed E-state index contributed by atoms with van der Waals surface area (Å²) >= 11 is 0. The van der Waals surface area contributed by atoms with Crippen molar-refractivity contribution in [3.63, 3.8) is 0 Å². The van der Waals surface area contributed by atoms with Crippen LogP contribution in [0, 0.1) is 23.7 Å². The van der Waals surface area contributed by atoms with E-state index in [0.717, 1.165) is 0 Å². The fourth-order valence-electron chi connectivity index (χ4n) is 0.989. The maximum atomic E-state index is 11.6. The van der Waals surface area contributed by atoms with Crippen LogP contribution in [0.5, 0.6) is 0 Å². The molecule has 0 aromatic rings. The van der Waals surface area contributed by atoms with Crippen LogP contribution in [-0.4, -0.2) is 23.4 Å². The number of rotatable bonds is 3. The molecule has 0 aliphatic carbocycles. The molecule has 0 atom stereocenters. The molecule has 2 nitrogen and oxygen atoms in total. The molecule has 0 N–H and O–H groups in total. The van der Waals surface area contributed by atoms with Crippen molar-refractivity contribution in [2.24, 2.45) is 0 Å². The molecule has 0 heterocycles. The van der Waals surface area contributed by atoms with Crippen molar-refractivity contribution in [3.8, 4) is 23.7 Å².